The lowest BCUT2D eigenvalue weighted by Crippen LogP contribution is -2.24. The summed E-state index contributed by atoms with van der Waals surface area (Å²) in [6.07, 6.45) is 4.42. The van der Waals surface area contributed by atoms with E-state index in [4.69, 9.17) is 5.73 Å². The average Bonchev–Trinajstić information content (AvgIpc) is 2.14. The van der Waals surface area contributed by atoms with E-state index in [0.29, 0.717) is 13.1 Å². The van der Waals surface area contributed by atoms with E-state index in [2.05, 4.69) is 19.2 Å². The molecule has 0 atom stereocenters. The molecule has 13 heavy (non-hydrogen) atoms. The number of amides is 1. The van der Waals surface area contributed by atoms with Crippen LogP contribution in [0.5, 0.6) is 0 Å². The lowest BCUT2D eigenvalue weighted by Gasteiger charge is -2.02. The Balaban J connectivity index is 3.76. The summed E-state index contributed by atoms with van der Waals surface area (Å²) in [5.74, 6) is 0.00662. The molecular weight excluding hydrogens is 164 g/mol. The zero-order chi connectivity index (χ0) is 10.1. The molecule has 1 amide bonds. The molecule has 0 aliphatic rings. The third kappa shape index (κ3) is 6.34. The zero-order valence-corrected chi connectivity index (χ0v) is 8.60. The minimum absolute atomic E-state index is 0.00662. The first-order valence-electron chi connectivity index (χ1n) is 4.91. The fourth-order valence-corrected chi connectivity index (χ4v) is 1.00. The summed E-state index contributed by atoms with van der Waals surface area (Å²) in [4.78, 5) is 11.2. The second-order valence-corrected chi connectivity index (χ2v) is 2.94. The van der Waals surface area contributed by atoms with Gasteiger partial charge in [0, 0.05) is 12.6 Å². The predicted octanol–water partition coefficient (Wildman–Crippen LogP) is 1.20. The second-order valence-electron chi connectivity index (χ2n) is 2.94. The van der Waals surface area contributed by atoms with Gasteiger partial charge in [0.15, 0.2) is 0 Å². The quantitative estimate of drug-likeness (QED) is 0.481. The lowest BCUT2D eigenvalue weighted by molar-refractivity contribution is -0.116. The summed E-state index contributed by atoms with van der Waals surface area (Å²) >= 11 is 0. The van der Waals surface area contributed by atoms with Crippen molar-refractivity contribution in [1.29, 1.82) is 0 Å². The van der Waals surface area contributed by atoms with Gasteiger partial charge >= 0.3 is 0 Å². The first-order chi connectivity index (χ1) is 6.24. The van der Waals surface area contributed by atoms with Gasteiger partial charge in [0.1, 0.15) is 0 Å². The van der Waals surface area contributed by atoms with Crippen molar-refractivity contribution in [3.63, 3.8) is 0 Å². The summed E-state index contributed by atoms with van der Waals surface area (Å²) in [7, 11) is 0. The Hall–Kier alpha value is -0.830. The second kappa shape index (κ2) is 7.80. The van der Waals surface area contributed by atoms with Crippen LogP contribution in [0.1, 0.15) is 33.1 Å². The van der Waals surface area contributed by atoms with Crippen LogP contribution < -0.4 is 11.1 Å². The zero-order valence-electron chi connectivity index (χ0n) is 8.60. The molecule has 0 radical (unpaired) electrons. The molecule has 3 heteroatoms. The molecular formula is C10H20N2O. The highest BCUT2D eigenvalue weighted by Gasteiger charge is 1.97. The number of nitrogens with two attached hydrogens (primary N) is 1. The van der Waals surface area contributed by atoms with Gasteiger partial charge in [-0.15, -0.1) is 0 Å². The van der Waals surface area contributed by atoms with Crippen molar-refractivity contribution < 1.29 is 4.79 Å². The molecule has 0 aliphatic heterocycles. The van der Waals surface area contributed by atoms with Gasteiger partial charge in [-0.25, -0.2) is 0 Å². The third-order valence-electron chi connectivity index (χ3n) is 1.92. The molecule has 0 aromatic rings. The highest BCUT2D eigenvalue weighted by Crippen LogP contribution is 2.04. The van der Waals surface area contributed by atoms with Crippen LogP contribution in [0.15, 0.2) is 11.6 Å². The Bertz CT molecular complexity index is 170. The van der Waals surface area contributed by atoms with Crippen molar-refractivity contribution in [1.82, 2.24) is 5.32 Å². The maximum absolute atomic E-state index is 11.2. The Morgan fingerprint density at radius 3 is 2.46 bits per heavy atom. The van der Waals surface area contributed by atoms with Crippen LogP contribution in [0.2, 0.25) is 0 Å². The number of carbonyl (C=O) groups excluding carboxylic acids is 1. The molecule has 3 nitrogen and oxygen atoms in total. The van der Waals surface area contributed by atoms with Gasteiger partial charge in [-0.2, -0.15) is 0 Å². The summed E-state index contributed by atoms with van der Waals surface area (Å²) in [5.41, 5.74) is 6.49. The van der Waals surface area contributed by atoms with Crippen molar-refractivity contribution in [2.45, 2.75) is 33.1 Å². The Kier molecular flexibility index (Phi) is 7.30. The molecule has 0 spiro atoms. The molecule has 0 aliphatic carbocycles. The maximum Gasteiger partial charge on any atom is 0.243 e. The van der Waals surface area contributed by atoms with Crippen LogP contribution in [0.3, 0.4) is 0 Å². The predicted molar refractivity (Wildman–Crippen MR) is 55.3 cm³/mol. The molecule has 76 valence electrons. The number of carbonyl (C=O) groups is 1. The van der Waals surface area contributed by atoms with E-state index in [9.17, 15) is 4.79 Å². The van der Waals surface area contributed by atoms with E-state index in [1.165, 1.54) is 5.57 Å². The van der Waals surface area contributed by atoms with Crippen molar-refractivity contribution in [3.05, 3.63) is 11.6 Å². The van der Waals surface area contributed by atoms with Gasteiger partial charge in [0.25, 0.3) is 0 Å². The van der Waals surface area contributed by atoms with Crippen LogP contribution >= 0.6 is 0 Å². The van der Waals surface area contributed by atoms with Crippen molar-refractivity contribution in [2.24, 2.45) is 5.73 Å². The molecule has 0 heterocycles. The smallest absolute Gasteiger partial charge is 0.243 e. The topological polar surface area (TPSA) is 55.1 Å². The normalized spacial score (nSPS) is 9.46. The molecule has 0 aromatic heterocycles. The maximum atomic E-state index is 11.2. The number of hydrogen-bond acceptors (Lipinski definition) is 2. The number of rotatable bonds is 6. The summed E-state index contributed by atoms with van der Waals surface area (Å²) < 4.78 is 0. The average molecular weight is 184 g/mol. The van der Waals surface area contributed by atoms with E-state index in [-0.39, 0.29) is 5.91 Å². The van der Waals surface area contributed by atoms with Crippen LogP contribution in [0.4, 0.5) is 0 Å². The molecule has 0 saturated carbocycles. The third-order valence-corrected chi connectivity index (χ3v) is 1.92. The van der Waals surface area contributed by atoms with Crippen LogP contribution in [-0.4, -0.2) is 19.0 Å². The van der Waals surface area contributed by atoms with Crippen molar-refractivity contribution >= 4 is 5.91 Å². The van der Waals surface area contributed by atoms with Gasteiger partial charge in [0.2, 0.25) is 5.91 Å². The molecule has 0 saturated heterocycles. The van der Waals surface area contributed by atoms with Gasteiger partial charge in [-0.05, 0) is 25.8 Å². The highest BCUT2D eigenvalue weighted by molar-refractivity contribution is 5.88. The van der Waals surface area contributed by atoms with Crippen LogP contribution in [0.25, 0.3) is 0 Å². The fourth-order valence-electron chi connectivity index (χ4n) is 1.00. The van der Waals surface area contributed by atoms with E-state index < -0.39 is 0 Å². The Morgan fingerprint density at radius 1 is 1.38 bits per heavy atom. The summed E-state index contributed by atoms with van der Waals surface area (Å²) in [5, 5.41) is 2.79. The van der Waals surface area contributed by atoms with Gasteiger partial charge in [-0.1, -0.05) is 19.4 Å². The fraction of sp³-hybridized carbons (Fsp3) is 0.700. The van der Waals surface area contributed by atoms with Crippen molar-refractivity contribution in [3.8, 4) is 0 Å². The summed E-state index contributed by atoms with van der Waals surface area (Å²) in [6.45, 7) is 5.41. The lowest BCUT2D eigenvalue weighted by atomic mass is 10.1. The molecule has 0 fully saturated rings. The van der Waals surface area contributed by atoms with E-state index in [1.807, 2.05) is 0 Å². The van der Waals surface area contributed by atoms with Gasteiger partial charge in [-0.3, -0.25) is 4.79 Å². The first kappa shape index (κ1) is 12.2. The minimum Gasteiger partial charge on any atom is -0.353 e. The van der Waals surface area contributed by atoms with E-state index in [1.54, 1.807) is 6.08 Å². The van der Waals surface area contributed by atoms with E-state index in [0.717, 1.165) is 19.3 Å². The SMILES string of the molecule is CCC(=CC(=O)NCCCN)CC. The monoisotopic (exact) mass is 184 g/mol. The van der Waals surface area contributed by atoms with Gasteiger partial charge < -0.3 is 11.1 Å². The molecule has 3 N–H and O–H groups in total. The van der Waals surface area contributed by atoms with Crippen LogP contribution in [-0.2, 0) is 4.79 Å². The minimum atomic E-state index is 0.00662. The molecule has 0 unspecified atom stereocenters. The number of nitrogens with one attached hydrogen (secondary N) is 1. The highest BCUT2D eigenvalue weighted by atomic mass is 16.1. The Labute approximate surface area is 80.4 Å². The van der Waals surface area contributed by atoms with E-state index >= 15 is 0 Å². The number of allylic oxidation sites excluding steroid dienone is 1. The standard InChI is InChI=1S/C10H20N2O/c1-3-9(4-2)8-10(13)12-7-5-6-11/h8H,3-7,11H2,1-2H3,(H,12,13). The largest absolute Gasteiger partial charge is 0.353 e. The first-order valence-corrected chi connectivity index (χ1v) is 4.91. The molecule has 0 bridgehead atoms. The van der Waals surface area contributed by atoms with Gasteiger partial charge in [0.05, 0.1) is 0 Å². The number of hydrogen-bond donors (Lipinski definition) is 2. The molecule has 0 aromatic carbocycles. The molecule has 0 rings (SSSR count). The Morgan fingerprint density at radius 2 is 2.00 bits per heavy atom. The van der Waals surface area contributed by atoms with Crippen molar-refractivity contribution in [2.75, 3.05) is 13.1 Å². The van der Waals surface area contributed by atoms with Crippen LogP contribution in [0, 0.1) is 0 Å². The summed E-state index contributed by atoms with van der Waals surface area (Å²) in [6, 6.07) is 0.